The number of anilines is 1. The zero-order valence-electron chi connectivity index (χ0n) is 15.0. The molecule has 0 aliphatic carbocycles. The lowest BCUT2D eigenvalue weighted by Gasteiger charge is -2.08. The molecular weight excluding hydrogens is 318 g/mol. The van der Waals surface area contributed by atoms with Gasteiger partial charge >= 0.3 is 0 Å². The van der Waals surface area contributed by atoms with E-state index in [1.807, 2.05) is 0 Å². The average molecular weight is 343 g/mol. The van der Waals surface area contributed by atoms with Crippen molar-refractivity contribution in [2.75, 3.05) is 19.5 Å². The zero-order chi connectivity index (χ0) is 18.1. The van der Waals surface area contributed by atoms with Crippen molar-refractivity contribution in [3.05, 3.63) is 41.5 Å². The minimum absolute atomic E-state index is 0.227. The number of nitrogens with one attached hydrogen (secondary N) is 1. The number of hydrogen-bond acceptors (Lipinski definition) is 5. The van der Waals surface area contributed by atoms with Gasteiger partial charge in [-0.15, -0.1) is 0 Å². The fourth-order valence-corrected chi connectivity index (χ4v) is 2.19. The summed E-state index contributed by atoms with van der Waals surface area (Å²) >= 11 is 0. The lowest BCUT2D eigenvalue weighted by atomic mass is 10.1. The van der Waals surface area contributed by atoms with Crippen molar-refractivity contribution in [2.24, 2.45) is 10.7 Å². The Kier molecular flexibility index (Phi) is 7.00. The third kappa shape index (κ3) is 5.95. The van der Waals surface area contributed by atoms with Crippen LogP contribution in [-0.2, 0) is 13.0 Å². The standard InChI is InChI=1S/C18H25N5O2/c1-4-5-6-13-7-9-14(10-8-13)12-20-17(19)23-18-21-15(24-2)11-16(22-18)25-3/h7-11H,4-6,12H2,1-3H3,(H3,19,20,21,22,23). The molecule has 0 bridgehead atoms. The van der Waals surface area contributed by atoms with E-state index in [1.165, 1.54) is 32.6 Å². The first-order valence-corrected chi connectivity index (χ1v) is 8.26. The van der Waals surface area contributed by atoms with Crippen LogP contribution in [0.4, 0.5) is 5.95 Å². The third-order valence-corrected chi connectivity index (χ3v) is 3.61. The van der Waals surface area contributed by atoms with Crippen LogP contribution in [0.1, 0.15) is 30.9 Å². The number of aromatic nitrogens is 2. The molecule has 0 amide bonds. The molecule has 134 valence electrons. The van der Waals surface area contributed by atoms with Gasteiger partial charge in [0.05, 0.1) is 26.8 Å². The molecule has 0 aliphatic rings. The second-order valence-corrected chi connectivity index (χ2v) is 5.52. The summed E-state index contributed by atoms with van der Waals surface area (Å²) in [6.07, 6.45) is 3.52. The van der Waals surface area contributed by atoms with Crippen LogP contribution in [0.5, 0.6) is 11.8 Å². The fraction of sp³-hybridized carbons (Fsp3) is 0.389. The number of nitrogens with two attached hydrogens (primary N) is 1. The smallest absolute Gasteiger partial charge is 0.236 e. The summed E-state index contributed by atoms with van der Waals surface area (Å²) in [5.41, 5.74) is 8.35. The summed E-state index contributed by atoms with van der Waals surface area (Å²) in [4.78, 5) is 12.6. The topological polar surface area (TPSA) is 94.7 Å². The normalized spacial score (nSPS) is 11.2. The van der Waals surface area contributed by atoms with E-state index >= 15 is 0 Å². The van der Waals surface area contributed by atoms with Gasteiger partial charge < -0.3 is 15.2 Å². The van der Waals surface area contributed by atoms with Crippen molar-refractivity contribution in [2.45, 2.75) is 32.7 Å². The van der Waals surface area contributed by atoms with Crippen molar-refractivity contribution in [3.8, 4) is 11.8 Å². The Morgan fingerprint density at radius 3 is 2.24 bits per heavy atom. The van der Waals surface area contributed by atoms with E-state index in [-0.39, 0.29) is 11.9 Å². The van der Waals surface area contributed by atoms with Crippen LogP contribution in [0.2, 0.25) is 0 Å². The van der Waals surface area contributed by atoms with Gasteiger partial charge in [-0.25, -0.2) is 4.99 Å². The van der Waals surface area contributed by atoms with Gasteiger partial charge in [0, 0.05) is 0 Å². The van der Waals surface area contributed by atoms with Gasteiger partial charge in [-0.05, 0) is 24.0 Å². The number of ether oxygens (including phenoxy) is 2. The first-order valence-electron chi connectivity index (χ1n) is 8.26. The number of aryl methyl sites for hydroxylation is 1. The SMILES string of the molecule is CCCCc1ccc(CN=C(N)Nc2nc(OC)cc(OC)n2)cc1. The molecule has 3 N–H and O–H groups in total. The van der Waals surface area contributed by atoms with Gasteiger partial charge in [-0.2, -0.15) is 9.97 Å². The molecule has 25 heavy (non-hydrogen) atoms. The van der Waals surface area contributed by atoms with Crippen molar-refractivity contribution < 1.29 is 9.47 Å². The van der Waals surface area contributed by atoms with E-state index < -0.39 is 0 Å². The molecule has 1 aromatic carbocycles. The minimum atomic E-state index is 0.227. The van der Waals surface area contributed by atoms with Crippen LogP contribution >= 0.6 is 0 Å². The molecule has 0 aliphatic heterocycles. The van der Waals surface area contributed by atoms with E-state index in [2.05, 4.69) is 51.5 Å². The Morgan fingerprint density at radius 1 is 1.08 bits per heavy atom. The molecule has 1 heterocycles. The number of rotatable bonds is 8. The van der Waals surface area contributed by atoms with Crippen molar-refractivity contribution in [1.29, 1.82) is 0 Å². The van der Waals surface area contributed by atoms with E-state index in [4.69, 9.17) is 15.2 Å². The molecule has 0 fully saturated rings. The lowest BCUT2D eigenvalue weighted by Crippen LogP contribution is -2.24. The maximum absolute atomic E-state index is 5.91. The summed E-state index contributed by atoms with van der Waals surface area (Å²) in [5, 5.41) is 2.85. The number of methoxy groups -OCH3 is 2. The van der Waals surface area contributed by atoms with Gasteiger partial charge in [0.15, 0.2) is 5.96 Å². The number of unbranched alkanes of at least 4 members (excludes halogenated alkanes) is 1. The third-order valence-electron chi connectivity index (χ3n) is 3.61. The zero-order valence-corrected chi connectivity index (χ0v) is 15.0. The summed E-state index contributed by atoms with van der Waals surface area (Å²) in [6, 6.07) is 10.0. The maximum atomic E-state index is 5.91. The van der Waals surface area contributed by atoms with Crippen LogP contribution in [0.25, 0.3) is 0 Å². The molecule has 0 saturated heterocycles. The second-order valence-electron chi connectivity index (χ2n) is 5.52. The van der Waals surface area contributed by atoms with Crippen LogP contribution in [0, 0.1) is 0 Å². The first-order chi connectivity index (χ1) is 12.1. The average Bonchev–Trinajstić information content (AvgIpc) is 2.65. The molecule has 0 saturated carbocycles. The molecule has 1 aromatic heterocycles. The predicted molar refractivity (Wildman–Crippen MR) is 99.1 cm³/mol. The second kappa shape index (κ2) is 9.46. The van der Waals surface area contributed by atoms with Crippen molar-refractivity contribution >= 4 is 11.9 Å². The highest BCUT2D eigenvalue weighted by atomic mass is 16.5. The minimum Gasteiger partial charge on any atom is -0.481 e. The monoisotopic (exact) mass is 343 g/mol. The van der Waals surface area contributed by atoms with E-state index in [9.17, 15) is 0 Å². The molecule has 0 unspecified atom stereocenters. The highest BCUT2D eigenvalue weighted by molar-refractivity contribution is 5.90. The van der Waals surface area contributed by atoms with Crippen LogP contribution < -0.4 is 20.5 Å². The molecule has 0 radical (unpaired) electrons. The molecule has 7 heteroatoms. The van der Waals surface area contributed by atoms with E-state index in [0.717, 1.165) is 12.0 Å². The fourth-order valence-electron chi connectivity index (χ4n) is 2.19. The number of hydrogen-bond donors (Lipinski definition) is 2. The Hall–Kier alpha value is -2.83. The van der Waals surface area contributed by atoms with E-state index in [0.29, 0.717) is 18.3 Å². The first kappa shape index (κ1) is 18.5. The highest BCUT2D eigenvalue weighted by Gasteiger charge is 2.06. The molecular formula is C18H25N5O2. The van der Waals surface area contributed by atoms with Gasteiger partial charge in [0.25, 0.3) is 0 Å². The van der Waals surface area contributed by atoms with Gasteiger partial charge in [-0.3, -0.25) is 5.32 Å². The molecule has 2 rings (SSSR count). The molecule has 0 spiro atoms. The van der Waals surface area contributed by atoms with Crippen LogP contribution in [-0.4, -0.2) is 30.1 Å². The molecule has 0 atom stereocenters. The lowest BCUT2D eigenvalue weighted by molar-refractivity contribution is 0.373. The maximum Gasteiger partial charge on any atom is 0.236 e. The summed E-state index contributed by atoms with van der Waals surface area (Å²) in [7, 11) is 3.04. The molecule has 2 aromatic rings. The van der Waals surface area contributed by atoms with Gasteiger partial charge in [0.2, 0.25) is 17.7 Å². The Labute approximate surface area is 148 Å². The Balaban J connectivity index is 1.97. The number of benzene rings is 1. The number of nitrogens with zero attached hydrogens (tertiary/aromatic N) is 3. The summed E-state index contributed by atoms with van der Waals surface area (Å²) in [6.45, 7) is 2.68. The largest absolute Gasteiger partial charge is 0.481 e. The van der Waals surface area contributed by atoms with Crippen LogP contribution in [0.15, 0.2) is 35.3 Å². The predicted octanol–water partition coefficient (Wildman–Crippen LogP) is 2.76. The quantitative estimate of drug-likeness (QED) is 0.565. The van der Waals surface area contributed by atoms with Crippen LogP contribution in [0.3, 0.4) is 0 Å². The van der Waals surface area contributed by atoms with E-state index in [1.54, 1.807) is 6.07 Å². The van der Waals surface area contributed by atoms with Crippen molar-refractivity contribution in [1.82, 2.24) is 9.97 Å². The van der Waals surface area contributed by atoms with Gasteiger partial charge in [-0.1, -0.05) is 37.6 Å². The Morgan fingerprint density at radius 2 is 1.68 bits per heavy atom. The number of guanidine groups is 1. The highest BCUT2D eigenvalue weighted by Crippen LogP contribution is 2.17. The number of aliphatic imine (C=N–C) groups is 1. The summed E-state index contributed by atoms with van der Waals surface area (Å²) in [5.74, 6) is 1.26. The summed E-state index contributed by atoms with van der Waals surface area (Å²) < 4.78 is 10.2. The molecule has 7 nitrogen and oxygen atoms in total. The van der Waals surface area contributed by atoms with Crippen molar-refractivity contribution in [3.63, 3.8) is 0 Å². The Bertz CT molecular complexity index is 679. The van der Waals surface area contributed by atoms with Gasteiger partial charge in [0.1, 0.15) is 0 Å².